The summed E-state index contributed by atoms with van der Waals surface area (Å²) >= 11 is 0. The van der Waals surface area contributed by atoms with Gasteiger partial charge in [-0.3, -0.25) is 5.10 Å². The van der Waals surface area contributed by atoms with Gasteiger partial charge in [-0.15, -0.1) is 35.0 Å². The second-order valence-corrected chi connectivity index (χ2v) is 7.47. The quantitative estimate of drug-likeness (QED) is 0.580. The Kier molecular flexibility index (Phi) is 6.26. The van der Waals surface area contributed by atoms with E-state index in [1.165, 1.54) is 12.8 Å². The lowest BCUT2D eigenvalue weighted by Gasteiger charge is -2.52. The van der Waals surface area contributed by atoms with E-state index in [9.17, 15) is 5.11 Å². The maximum absolute atomic E-state index is 10.4. The third-order valence-corrected chi connectivity index (χ3v) is 5.65. The molecule has 0 aliphatic carbocycles. The highest BCUT2D eigenvalue weighted by atomic mass is 35.5. The standard InChI is InChI=1S/C19H21N7O.2ClH/c27-17-7-13(14-8-22-23-9-14)1-2-15(17)16-10-21-18(25-24-16)26-11-19(12-26)3-5-20-6-4-19;;/h1-2,7-10,20,27H,3-6,11-12H2,(H,22,23);2*1H. The highest BCUT2D eigenvalue weighted by molar-refractivity contribution is 5.85. The molecule has 0 atom stereocenters. The summed E-state index contributed by atoms with van der Waals surface area (Å²) < 4.78 is 0. The van der Waals surface area contributed by atoms with Crippen LogP contribution in [0.2, 0.25) is 0 Å². The first-order valence-corrected chi connectivity index (χ1v) is 9.20. The highest BCUT2D eigenvalue weighted by Crippen LogP contribution is 2.40. The SMILES string of the molecule is Cl.Cl.Oc1cc(-c2cn[nH]c2)ccc1-c1cnc(N2CC3(CCNCC3)C2)nn1. The number of anilines is 1. The van der Waals surface area contributed by atoms with Crippen LogP contribution in [0.15, 0.2) is 36.8 Å². The number of phenols is 1. The molecule has 1 spiro atoms. The van der Waals surface area contributed by atoms with E-state index in [0.717, 1.165) is 37.3 Å². The number of aromatic amines is 1. The summed E-state index contributed by atoms with van der Waals surface area (Å²) in [5.74, 6) is 0.813. The number of nitrogens with one attached hydrogen (secondary N) is 2. The van der Waals surface area contributed by atoms with E-state index in [1.807, 2.05) is 12.1 Å². The molecule has 10 heteroatoms. The summed E-state index contributed by atoms with van der Waals surface area (Å²) in [6, 6.07) is 5.45. The zero-order chi connectivity index (χ0) is 18.3. The number of rotatable bonds is 3. The van der Waals surface area contributed by atoms with Gasteiger partial charge in [0.05, 0.1) is 12.4 Å². The van der Waals surface area contributed by atoms with Crippen LogP contribution < -0.4 is 10.2 Å². The van der Waals surface area contributed by atoms with Crippen LogP contribution in [-0.2, 0) is 0 Å². The molecule has 1 aromatic carbocycles. The Balaban J connectivity index is 0.00000120. The van der Waals surface area contributed by atoms with Gasteiger partial charge < -0.3 is 15.3 Å². The molecular formula is C19H23Cl2N7O. The third-order valence-electron chi connectivity index (χ3n) is 5.65. The van der Waals surface area contributed by atoms with E-state index < -0.39 is 0 Å². The van der Waals surface area contributed by atoms with E-state index in [-0.39, 0.29) is 30.6 Å². The number of phenolic OH excluding ortho intramolecular Hbond substituents is 1. The van der Waals surface area contributed by atoms with Gasteiger partial charge in [0.25, 0.3) is 0 Å². The molecule has 8 nitrogen and oxygen atoms in total. The fraction of sp³-hybridized carbons (Fsp3) is 0.368. The van der Waals surface area contributed by atoms with Crippen LogP contribution in [0.4, 0.5) is 5.95 Å². The number of hydrogen-bond acceptors (Lipinski definition) is 7. The molecule has 29 heavy (non-hydrogen) atoms. The third kappa shape index (κ3) is 4.01. The summed E-state index contributed by atoms with van der Waals surface area (Å²) in [5, 5.41) is 29.1. The maximum Gasteiger partial charge on any atom is 0.245 e. The van der Waals surface area contributed by atoms with Crippen LogP contribution in [0, 0.1) is 5.41 Å². The fourth-order valence-corrected chi connectivity index (χ4v) is 4.05. The van der Waals surface area contributed by atoms with E-state index in [1.54, 1.807) is 24.7 Å². The van der Waals surface area contributed by atoms with E-state index in [4.69, 9.17) is 0 Å². The summed E-state index contributed by atoms with van der Waals surface area (Å²) in [4.78, 5) is 6.66. The molecular weight excluding hydrogens is 413 g/mol. The minimum absolute atomic E-state index is 0. The number of H-pyrrole nitrogens is 1. The van der Waals surface area contributed by atoms with Crippen LogP contribution in [0.25, 0.3) is 22.4 Å². The zero-order valence-corrected chi connectivity index (χ0v) is 17.3. The van der Waals surface area contributed by atoms with Crippen molar-refractivity contribution in [3.63, 3.8) is 0 Å². The first kappa shape index (κ1) is 21.3. The Morgan fingerprint density at radius 3 is 2.41 bits per heavy atom. The molecule has 0 saturated carbocycles. The van der Waals surface area contributed by atoms with Gasteiger partial charge in [-0.05, 0) is 43.6 Å². The van der Waals surface area contributed by atoms with Gasteiger partial charge in [-0.25, -0.2) is 4.98 Å². The van der Waals surface area contributed by atoms with Crippen LogP contribution >= 0.6 is 24.8 Å². The molecule has 3 N–H and O–H groups in total. The lowest BCUT2D eigenvalue weighted by atomic mass is 9.72. The van der Waals surface area contributed by atoms with Gasteiger partial charge in [0.15, 0.2) is 0 Å². The van der Waals surface area contributed by atoms with Crippen LogP contribution in [0.1, 0.15) is 12.8 Å². The minimum Gasteiger partial charge on any atom is -0.507 e. The van der Waals surface area contributed by atoms with Crippen molar-refractivity contribution in [2.75, 3.05) is 31.1 Å². The zero-order valence-electron chi connectivity index (χ0n) is 15.7. The molecule has 2 aliphatic rings. The summed E-state index contributed by atoms with van der Waals surface area (Å²) in [6.45, 7) is 4.20. The Labute approximate surface area is 181 Å². The lowest BCUT2D eigenvalue weighted by molar-refractivity contribution is 0.147. The van der Waals surface area contributed by atoms with Crippen molar-refractivity contribution in [1.29, 1.82) is 0 Å². The van der Waals surface area contributed by atoms with Crippen LogP contribution in [0.3, 0.4) is 0 Å². The highest BCUT2D eigenvalue weighted by Gasteiger charge is 2.44. The van der Waals surface area contributed by atoms with E-state index in [2.05, 4.69) is 35.6 Å². The molecule has 154 valence electrons. The molecule has 2 aromatic heterocycles. The van der Waals surface area contributed by atoms with Crippen molar-refractivity contribution in [3.8, 4) is 28.1 Å². The largest absolute Gasteiger partial charge is 0.507 e. The monoisotopic (exact) mass is 435 g/mol. The van der Waals surface area contributed by atoms with Crippen molar-refractivity contribution in [3.05, 3.63) is 36.8 Å². The first-order chi connectivity index (χ1) is 13.2. The van der Waals surface area contributed by atoms with E-state index >= 15 is 0 Å². The number of halogens is 2. The molecule has 4 heterocycles. The predicted octanol–water partition coefficient (Wildman–Crippen LogP) is 2.67. The minimum atomic E-state index is 0. The van der Waals surface area contributed by atoms with Crippen LogP contribution in [-0.4, -0.2) is 56.7 Å². The van der Waals surface area contributed by atoms with Crippen molar-refractivity contribution in [2.24, 2.45) is 5.41 Å². The second kappa shape index (κ2) is 8.52. The number of aromatic hydroxyl groups is 1. The molecule has 0 amide bonds. The summed E-state index contributed by atoms with van der Waals surface area (Å²) in [7, 11) is 0. The Morgan fingerprint density at radius 1 is 1.00 bits per heavy atom. The van der Waals surface area contributed by atoms with Gasteiger partial charge in [0, 0.05) is 35.8 Å². The predicted molar refractivity (Wildman–Crippen MR) is 116 cm³/mol. The number of benzene rings is 1. The Morgan fingerprint density at radius 2 is 1.79 bits per heavy atom. The van der Waals surface area contributed by atoms with Crippen LogP contribution in [0.5, 0.6) is 5.75 Å². The number of aromatic nitrogens is 5. The molecule has 2 fully saturated rings. The van der Waals surface area contributed by atoms with Crippen molar-refractivity contribution < 1.29 is 5.11 Å². The fourth-order valence-electron chi connectivity index (χ4n) is 4.05. The normalized spacial score (nSPS) is 17.2. The Hall–Kier alpha value is -2.42. The maximum atomic E-state index is 10.4. The molecule has 3 aromatic rings. The molecule has 0 unspecified atom stereocenters. The summed E-state index contributed by atoms with van der Waals surface area (Å²) in [5.41, 5.74) is 3.41. The van der Waals surface area contributed by atoms with Crippen molar-refractivity contribution in [2.45, 2.75) is 12.8 Å². The van der Waals surface area contributed by atoms with Gasteiger partial charge in [0.1, 0.15) is 11.4 Å². The average Bonchev–Trinajstić information content (AvgIpc) is 3.22. The molecule has 5 rings (SSSR count). The first-order valence-electron chi connectivity index (χ1n) is 9.20. The number of nitrogens with zero attached hydrogens (tertiary/aromatic N) is 5. The van der Waals surface area contributed by atoms with Gasteiger partial charge in [-0.1, -0.05) is 6.07 Å². The van der Waals surface area contributed by atoms with E-state index in [0.29, 0.717) is 22.6 Å². The summed E-state index contributed by atoms with van der Waals surface area (Å²) in [6.07, 6.45) is 7.61. The smallest absolute Gasteiger partial charge is 0.245 e. The van der Waals surface area contributed by atoms with Gasteiger partial charge in [-0.2, -0.15) is 5.10 Å². The van der Waals surface area contributed by atoms with Gasteiger partial charge in [0.2, 0.25) is 5.95 Å². The van der Waals surface area contributed by atoms with Gasteiger partial charge >= 0.3 is 0 Å². The molecule has 0 bridgehead atoms. The van der Waals surface area contributed by atoms with Crippen molar-refractivity contribution in [1.82, 2.24) is 30.7 Å². The topological polar surface area (TPSA) is 103 Å². The lowest BCUT2D eigenvalue weighted by Crippen LogP contribution is -2.60. The molecule has 0 radical (unpaired) electrons. The molecule has 2 saturated heterocycles. The average molecular weight is 436 g/mol. The van der Waals surface area contributed by atoms with Crippen molar-refractivity contribution >= 4 is 30.8 Å². The second-order valence-electron chi connectivity index (χ2n) is 7.47. The number of hydrogen-bond donors (Lipinski definition) is 3. The Bertz CT molecular complexity index is 936. The number of piperidine rings is 1. The molecule has 2 aliphatic heterocycles.